The van der Waals surface area contributed by atoms with Gasteiger partial charge in [0, 0.05) is 43.7 Å². The van der Waals surface area contributed by atoms with Gasteiger partial charge in [-0.25, -0.2) is 9.50 Å². The first-order valence-electron chi connectivity index (χ1n) is 10.3. The highest BCUT2D eigenvalue weighted by atomic mass is 19.4. The molecule has 0 spiro atoms. The van der Waals surface area contributed by atoms with Crippen LogP contribution in [-0.2, 0) is 6.18 Å². The molecule has 0 atom stereocenters. The summed E-state index contributed by atoms with van der Waals surface area (Å²) in [6.07, 6.45) is -4.64. The molecular formula is C22H19F3N6O2. The second-order valence-electron chi connectivity index (χ2n) is 7.94. The normalized spacial score (nSPS) is 14.9. The van der Waals surface area contributed by atoms with Crippen LogP contribution < -0.4 is 9.80 Å². The molecule has 3 heterocycles. The number of nitrogens with zero attached hydrogens (tertiary/aromatic N) is 6. The summed E-state index contributed by atoms with van der Waals surface area (Å²) in [4.78, 5) is 19.4. The number of piperazine rings is 1. The van der Waals surface area contributed by atoms with Crippen LogP contribution in [0.4, 0.5) is 30.4 Å². The van der Waals surface area contributed by atoms with Crippen molar-refractivity contribution in [3.05, 3.63) is 69.9 Å². The Morgan fingerprint density at radius 3 is 2.39 bits per heavy atom. The number of aryl methyl sites for hydroxylation is 1. The van der Waals surface area contributed by atoms with Crippen molar-refractivity contribution in [2.45, 2.75) is 13.1 Å². The third kappa shape index (κ3) is 3.69. The quantitative estimate of drug-likeness (QED) is 0.335. The Morgan fingerprint density at radius 1 is 1.00 bits per heavy atom. The van der Waals surface area contributed by atoms with E-state index in [-0.39, 0.29) is 5.69 Å². The molecule has 1 saturated heterocycles. The van der Waals surface area contributed by atoms with Crippen LogP contribution >= 0.6 is 0 Å². The molecule has 33 heavy (non-hydrogen) atoms. The standard InChI is InChI=1S/C22H19F3N6O2/c1-14-12-20-26-21(16-4-2-3-5-17(16)30(20)27-14)29-10-8-28(9-11-29)18-7-6-15(22(23,24)25)13-19(18)31(32)33/h2-7,12-13H,8-11H2,1H3. The highest BCUT2D eigenvalue weighted by Gasteiger charge is 2.34. The zero-order chi connectivity index (χ0) is 23.3. The predicted molar refractivity (Wildman–Crippen MR) is 118 cm³/mol. The summed E-state index contributed by atoms with van der Waals surface area (Å²) >= 11 is 0. The van der Waals surface area contributed by atoms with Gasteiger partial charge in [0.1, 0.15) is 11.5 Å². The first kappa shape index (κ1) is 21.0. The van der Waals surface area contributed by atoms with E-state index in [0.717, 1.165) is 34.1 Å². The molecule has 0 aliphatic carbocycles. The van der Waals surface area contributed by atoms with Crippen LogP contribution in [0.15, 0.2) is 48.5 Å². The molecule has 1 fully saturated rings. The van der Waals surface area contributed by atoms with E-state index in [1.165, 1.54) is 6.07 Å². The van der Waals surface area contributed by atoms with E-state index >= 15 is 0 Å². The summed E-state index contributed by atoms with van der Waals surface area (Å²) in [7, 11) is 0. The number of nitro benzene ring substituents is 1. The maximum absolute atomic E-state index is 13.0. The van der Waals surface area contributed by atoms with Gasteiger partial charge < -0.3 is 9.80 Å². The molecule has 0 unspecified atom stereocenters. The molecule has 2 aromatic carbocycles. The lowest BCUT2D eigenvalue weighted by atomic mass is 10.1. The highest BCUT2D eigenvalue weighted by molar-refractivity contribution is 5.92. The summed E-state index contributed by atoms with van der Waals surface area (Å²) in [6.45, 7) is 3.74. The third-order valence-electron chi connectivity index (χ3n) is 5.83. The summed E-state index contributed by atoms with van der Waals surface area (Å²) < 4.78 is 40.9. The molecule has 11 heteroatoms. The van der Waals surface area contributed by atoms with Gasteiger partial charge >= 0.3 is 6.18 Å². The largest absolute Gasteiger partial charge is 0.416 e. The van der Waals surface area contributed by atoms with Gasteiger partial charge in [0.05, 0.1) is 21.7 Å². The fraction of sp³-hybridized carbons (Fsp3) is 0.273. The maximum Gasteiger partial charge on any atom is 0.416 e. The van der Waals surface area contributed by atoms with Gasteiger partial charge in [0.15, 0.2) is 5.65 Å². The van der Waals surface area contributed by atoms with E-state index in [2.05, 4.69) is 10.00 Å². The monoisotopic (exact) mass is 456 g/mol. The fourth-order valence-corrected chi connectivity index (χ4v) is 4.27. The van der Waals surface area contributed by atoms with E-state index in [1.807, 2.05) is 37.3 Å². The van der Waals surface area contributed by atoms with Gasteiger partial charge in [-0.3, -0.25) is 10.1 Å². The van der Waals surface area contributed by atoms with Crippen LogP contribution in [-0.4, -0.2) is 45.7 Å². The molecule has 0 N–H and O–H groups in total. The smallest absolute Gasteiger partial charge is 0.362 e. The van der Waals surface area contributed by atoms with Gasteiger partial charge in [0.25, 0.3) is 5.69 Å². The average molecular weight is 456 g/mol. The van der Waals surface area contributed by atoms with Crippen LogP contribution in [0.2, 0.25) is 0 Å². The number of alkyl halides is 3. The van der Waals surface area contributed by atoms with Crippen LogP contribution in [0.1, 0.15) is 11.3 Å². The summed E-state index contributed by atoms with van der Waals surface area (Å²) in [5, 5.41) is 16.9. The molecule has 1 aliphatic heterocycles. The molecule has 0 saturated carbocycles. The van der Waals surface area contributed by atoms with Crippen molar-refractivity contribution in [1.29, 1.82) is 0 Å². The predicted octanol–water partition coefficient (Wildman–Crippen LogP) is 4.44. The Hall–Kier alpha value is -3.89. The summed E-state index contributed by atoms with van der Waals surface area (Å²) in [6, 6.07) is 12.4. The third-order valence-corrected chi connectivity index (χ3v) is 5.83. The molecule has 170 valence electrons. The molecule has 0 amide bonds. The van der Waals surface area contributed by atoms with Crippen molar-refractivity contribution in [1.82, 2.24) is 14.6 Å². The van der Waals surface area contributed by atoms with Crippen molar-refractivity contribution in [2.75, 3.05) is 36.0 Å². The zero-order valence-corrected chi connectivity index (χ0v) is 17.6. The van der Waals surface area contributed by atoms with Gasteiger partial charge in [-0.2, -0.15) is 18.3 Å². The second kappa shape index (κ2) is 7.61. The number of hydrogen-bond acceptors (Lipinski definition) is 6. The molecular weight excluding hydrogens is 437 g/mol. The van der Waals surface area contributed by atoms with Gasteiger partial charge in [-0.1, -0.05) is 12.1 Å². The highest BCUT2D eigenvalue weighted by Crippen LogP contribution is 2.37. The molecule has 2 aromatic heterocycles. The lowest BCUT2D eigenvalue weighted by Crippen LogP contribution is -2.47. The number of anilines is 2. The summed E-state index contributed by atoms with van der Waals surface area (Å²) in [5.74, 6) is 0.791. The van der Waals surface area contributed by atoms with Crippen LogP contribution in [0.5, 0.6) is 0 Å². The van der Waals surface area contributed by atoms with Gasteiger partial charge in [-0.15, -0.1) is 0 Å². The Morgan fingerprint density at radius 2 is 1.70 bits per heavy atom. The minimum atomic E-state index is -4.64. The average Bonchev–Trinajstić information content (AvgIpc) is 3.18. The van der Waals surface area contributed by atoms with Crippen molar-refractivity contribution >= 4 is 33.7 Å². The van der Waals surface area contributed by atoms with Gasteiger partial charge in [0.2, 0.25) is 0 Å². The second-order valence-corrected chi connectivity index (χ2v) is 7.94. The molecule has 0 bridgehead atoms. The van der Waals surface area contributed by atoms with E-state index < -0.39 is 22.4 Å². The number of halogens is 3. The molecule has 4 aromatic rings. The van der Waals surface area contributed by atoms with Crippen LogP contribution in [0, 0.1) is 17.0 Å². The van der Waals surface area contributed by atoms with Crippen LogP contribution in [0.25, 0.3) is 16.6 Å². The Bertz CT molecular complexity index is 1380. The minimum absolute atomic E-state index is 0.187. The van der Waals surface area contributed by atoms with Crippen LogP contribution in [0.3, 0.4) is 0 Å². The lowest BCUT2D eigenvalue weighted by molar-refractivity contribution is -0.384. The molecule has 1 aliphatic rings. The number of rotatable bonds is 3. The topological polar surface area (TPSA) is 79.8 Å². The maximum atomic E-state index is 13.0. The van der Waals surface area contributed by atoms with Crippen molar-refractivity contribution in [3.8, 4) is 0 Å². The number of benzene rings is 2. The Labute approximate surface area is 186 Å². The number of nitro groups is 1. The Kier molecular flexibility index (Phi) is 4.84. The van der Waals surface area contributed by atoms with E-state index in [4.69, 9.17) is 4.98 Å². The lowest BCUT2D eigenvalue weighted by Gasteiger charge is -2.37. The van der Waals surface area contributed by atoms with E-state index in [0.29, 0.717) is 32.2 Å². The van der Waals surface area contributed by atoms with E-state index in [1.54, 1.807) is 9.42 Å². The van der Waals surface area contributed by atoms with Gasteiger partial charge in [-0.05, 0) is 31.2 Å². The Balaban J connectivity index is 1.45. The number of aromatic nitrogens is 3. The van der Waals surface area contributed by atoms with Crippen molar-refractivity contribution < 1.29 is 18.1 Å². The van der Waals surface area contributed by atoms with Crippen molar-refractivity contribution in [2.24, 2.45) is 0 Å². The minimum Gasteiger partial charge on any atom is -0.362 e. The summed E-state index contributed by atoms with van der Waals surface area (Å²) in [5.41, 5.74) is 1.11. The zero-order valence-electron chi connectivity index (χ0n) is 17.6. The SMILES string of the molecule is Cc1cc2nc(N3CCN(c4ccc(C(F)(F)F)cc4[N+](=O)[O-])CC3)c3ccccc3n2n1. The van der Waals surface area contributed by atoms with Crippen molar-refractivity contribution in [3.63, 3.8) is 0 Å². The molecule has 0 radical (unpaired) electrons. The number of hydrogen-bond donors (Lipinski definition) is 0. The molecule has 5 rings (SSSR count). The first-order chi connectivity index (χ1) is 15.7. The molecule has 8 nitrogen and oxygen atoms in total. The number of fused-ring (bicyclic) bond motifs is 3. The number of para-hydroxylation sites is 1. The fourth-order valence-electron chi connectivity index (χ4n) is 4.27. The first-order valence-corrected chi connectivity index (χ1v) is 10.3. The van der Waals surface area contributed by atoms with E-state index in [9.17, 15) is 23.3 Å².